The molecule has 4 heteroatoms. The molecule has 0 saturated carbocycles. The molecule has 0 fully saturated rings. The van der Waals surface area contributed by atoms with Crippen LogP contribution < -0.4 is 5.73 Å². The van der Waals surface area contributed by atoms with Gasteiger partial charge in [0.25, 0.3) is 0 Å². The van der Waals surface area contributed by atoms with Gasteiger partial charge < -0.3 is 10.8 Å². The Morgan fingerprint density at radius 1 is 1.33 bits per heavy atom. The quantitative estimate of drug-likeness (QED) is 0.800. The van der Waals surface area contributed by atoms with Crippen LogP contribution in [0.5, 0.6) is 0 Å². The number of halogens is 1. The summed E-state index contributed by atoms with van der Waals surface area (Å²) in [5.74, 6) is 0. The van der Waals surface area contributed by atoms with Gasteiger partial charge in [-0.1, -0.05) is 30.7 Å². The molecular weight excluding hydrogens is 248 g/mol. The van der Waals surface area contributed by atoms with Crippen LogP contribution in [0.2, 0.25) is 5.02 Å². The van der Waals surface area contributed by atoms with Gasteiger partial charge in [-0.25, -0.2) is 0 Å². The number of aliphatic hydroxyl groups is 1. The second-order valence-corrected chi connectivity index (χ2v) is 5.00. The molecule has 0 radical (unpaired) electrons. The van der Waals surface area contributed by atoms with Gasteiger partial charge in [0.1, 0.15) is 0 Å². The zero-order chi connectivity index (χ0) is 13.5. The fourth-order valence-corrected chi connectivity index (χ4v) is 2.40. The van der Waals surface area contributed by atoms with Crippen LogP contribution in [-0.4, -0.2) is 35.7 Å². The lowest BCUT2D eigenvalue weighted by Crippen LogP contribution is -2.40. The first kappa shape index (κ1) is 15.4. The Bertz CT molecular complexity index is 340. The summed E-state index contributed by atoms with van der Waals surface area (Å²) in [5, 5.41) is 9.70. The van der Waals surface area contributed by atoms with Crippen molar-refractivity contribution < 1.29 is 5.11 Å². The Hall–Kier alpha value is -0.610. The summed E-state index contributed by atoms with van der Waals surface area (Å²) >= 11 is 5.92. The van der Waals surface area contributed by atoms with Crippen molar-refractivity contribution in [3.8, 4) is 0 Å². The highest BCUT2D eigenvalue weighted by atomic mass is 35.5. The third kappa shape index (κ3) is 4.25. The molecule has 1 aromatic carbocycles. The molecule has 0 aliphatic rings. The van der Waals surface area contributed by atoms with Crippen LogP contribution in [-0.2, 0) is 0 Å². The van der Waals surface area contributed by atoms with E-state index in [1.54, 1.807) is 0 Å². The van der Waals surface area contributed by atoms with Crippen molar-refractivity contribution >= 4 is 11.6 Å². The van der Waals surface area contributed by atoms with Gasteiger partial charge in [0.05, 0.1) is 0 Å². The van der Waals surface area contributed by atoms with Gasteiger partial charge in [-0.2, -0.15) is 0 Å². The molecule has 0 aromatic heterocycles. The van der Waals surface area contributed by atoms with E-state index in [9.17, 15) is 0 Å². The summed E-state index contributed by atoms with van der Waals surface area (Å²) in [7, 11) is 0. The number of nitrogens with two attached hydrogens (primary N) is 1. The van der Waals surface area contributed by atoms with E-state index in [4.69, 9.17) is 22.4 Å². The zero-order valence-corrected chi connectivity index (χ0v) is 11.9. The maximum absolute atomic E-state index is 8.96. The molecule has 1 rings (SSSR count). The standard InChI is InChI=1S/C14H23ClN2O/c1-3-17(9-4-10-18)14(11(2)16)12-5-7-13(15)8-6-12/h5-8,11,14,18H,3-4,9-10,16H2,1-2H3. The summed E-state index contributed by atoms with van der Waals surface area (Å²) < 4.78 is 0. The maximum Gasteiger partial charge on any atom is 0.0496 e. The van der Waals surface area contributed by atoms with Crippen LogP contribution in [0.3, 0.4) is 0 Å². The number of likely N-dealkylation sites (N-methyl/N-ethyl adjacent to an activating group) is 1. The average Bonchev–Trinajstić information content (AvgIpc) is 2.35. The molecule has 0 amide bonds. The van der Waals surface area contributed by atoms with Crippen molar-refractivity contribution in [2.75, 3.05) is 19.7 Å². The SMILES string of the molecule is CCN(CCCO)C(c1ccc(Cl)cc1)C(C)N. The van der Waals surface area contributed by atoms with Crippen molar-refractivity contribution in [3.63, 3.8) is 0 Å². The Morgan fingerprint density at radius 3 is 2.39 bits per heavy atom. The molecule has 2 atom stereocenters. The van der Waals surface area contributed by atoms with Gasteiger partial charge in [-0.15, -0.1) is 0 Å². The Balaban J connectivity index is 2.89. The third-order valence-corrected chi connectivity index (χ3v) is 3.36. The number of hydrogen-bond donors (Lipinski definition) is 2. The number of rotatable bonds is 7. The Kier molecular flexibility index (Phi) is 6.65. The molecular formula is C14H23ClN2O. The van der Waals surface area contributed by atoms with Gasteiger partial charge in [-0.05, 0) is 37.6 Å². The van der Waals surface area contributed by atoms with E-state index in [1.807, 2.05) is 31.2 Å². The number of benzene rings is 1. The molecule has 0 saturated heterocycles. The van der Waals surface area contributed by atoms with Crippen LogP contribution in [0.1, 0.15) is 31.9 Å². The van der Waals surface area contributed by atoms with E-state index in [-0.39, 0.29) is 18.7 Å². The van der Waals surface area contributed by atoms with Gasteiger partial charge in [0, 0.05) is 30.3 Å². The number of hydrogen-bond acceptors (Lipinski definition) is 3. The highest BCUT2D eigenvalue weighted by molar-refractivity contribution is 6.30. The minimum absolute atomic E-state index is 0.0322. The molecule has 2 unspecified atom stereocenters. The summed E-state index contributed by atoms with van der Waals surface area (Å²) in [6.45, 7) is 6.10. The third-order valence-electron chi connectivity index (χ3n) is 3.11. The molecule has 1 aromatic rings. The van der Waals surface area contributed by atoms with Crippen LogP contribution in [0.15, 0.2) is 24.3 Å². The van der Waals surface area contributed by atoms with Crippen molar-refractivity contribution in [3.05, 3.63) is 34.9 Å². The fraction of sp³-hybridized carbons (Fsp3) is 0.571. The first-order valence-electron chi connectivity index (χ1n) is 6.46. The minimum Gasteiger partial charge on any atom is -0.396 e. The average molecular weight is 271 g/mol. The van der Waals surface area contributed by atoms with E-state index in [0.717, 1.165) is 24.5 Å². The largest absolute Gasteiger partial charge is 0.396 e. The molecule has 0 spiro atoms. The maximum atomic E-state index is 8.96. The molecule has 0 aliphatic heterocycles. The fourth-order valence-electron chi connectivity index (χ4n) is 2.27. The summed E-state index contributed by atoms with van der Waals surface area (Å²) in [4.78, 5) is 2.30. The predicted molar refractivity (Wildman–Crippen MR) is 76.8 cm³/mol. The Morgan fingerprint density at radius 2 is 1.94 bits per heavy atom. The van der Waals surface area contributed by atoms with E-state index in [1.165, 1.54) is 5.56 Å². The van der Waals surface area contributed by atoms with E-state index in [2.05, 4.69) is 11.8 Å². The molecule has 0 bridgehead atoms. The van der Waals surface area contributed by atoms with Gasteiger partial charge in [-0.3, -0.25) is 4.90 Å². The smallest absolute Gasteiger partial charge is 0.0496 e. The first-order valence-corrected chi connectivity index (χ1v) is 6.83. The highest BCUT2D eigenvalue weighted by Crippen LogP contribution is 2.25. The molecule has 3 nitrogen and oxygen atoms in total. The van der Waals surface area contributed by atoms with Crippen molar-refractivity contribution in [1.29, 1.82) is 0 Å². The monoisotopic (exact) mass is 270 g/mol. The van der Waals surface area contributed by atoms with Crippen molar-refractivity contribution in [2.45, 2.75) is 32.4 Å². The zero-order valence-electron chi connectivity index (χ0n) is 11.1. The number of nitrogens with zero attached hydrogens (tertiary/aromatic N) is 1. The second-order valence-electron chi connectivity index (χ2n) is 4.56. The van der Waals surface area contributed by atoms with Gasteiger partial charge in [0.15, 0.2) is 0 Å². The molecule has 0 aliphatic carbocycles. The van der Waals surface area contributed by atoms with Crippen LogP contribution >= 0.6 is 11.6 Å². The summed E-state index contributed by atoms with van der Waals surface area (Å²) in [6.07, 6.45) is 0.769. The Labute approximate surface area is 115 Å². The van der Waals surface area contributed by atoms with Crippen molar-refractivity contribution in [2.24, 2.45) is 5.73 Å². The normalized spacial score (nSPS) is 14.8. The summed E-state index contributed by atoms with van der Waals surface area (Å²) in [5.41, 5.74) is 7.29. The highest BCUT2D eigenvalue weighted by Gasteiger charge is 2.22. The molecule has 3 N–H and O–H groups in total. The van der Waals surface area contributed by atoms with Gasteiger partial charge in [0.2, 0.25) is 0 Å². The lowest BCUT2D eigenvalue weighted by Gasteiger charge is -2.33. The lowest BCUT2D eigenvalue weighted by molar-refractivity contribution is 0.165. The van der Waals surface area contributed by atoms with Crippen LogP contribution in [0.25, 0.3) is 0 Å². The van der Waals surface area contributed by atoms with E-state index >= 15 is 0 Å². The molecule has 18 heavy (non-hydrogen) atoms. The van der Waals surface area contributed by atoms with Crippen LogP contribution in [0, 0.1) is 0 Å². The van der Waals surface area contributed by atoms with Gasteiger partial charge >= 0.3 is 0 Å². The molecule has 102 valence electrons. The topological polar surface area (TPSA) is 49.5 Å². The second kappa shape index (κ2) is 7.74. The van der Waals surface area contributed by atoms with Crippen LogP contribution in [0.4, 0.5) is 0 Å². The molecule has 0 heterocycles. The van der Waals surface area contributed by atoms with E-state index < -0.39 is 0 Å². The van der Waals surface area contributed by atoms with E-state index in [0.29, 0.717) is 0 Å². The summed E-state index contributed by atoms with van der Waals surface area (Å²) in [6, 6.07) is 8.04. The number of aliphatic hydroxyl groups excluding tert-OH is 1. The minimum atomic E-state index is 0.0322. The predicted octanol–water partition coefficient (Wildman–Crippen LogP) is 2.43. The first-order chi connectivity index (χ1) is 8.60. The lowest BCUT2D eigenvalue weighted by atomic mass is 9.99. The van der Waals surface area contributed by atoms with Crippen molar-refractivity contribution in [1.82, 2.24) is 4.90 Å².